The number of imide groups is 1. The molecule has 0 unspecified atom stereocenters. The van der Waals surface area contributed by atoms with Gasteiger partial charge in [0, 0.05) is 31.2 Å². The first-order chi connectivity index (χ1) is 15.5. The summed E-state index contributed by atoms with van der Waals surface area (Å²) in [5.41, 5.74) is -0.869. The predicted molar refractivity (Wildman–Crippen MR) is 114 cm³/mol. The highest BCUT2D eigenvalue weighted by Crippen LogP contribution is 2.35. The topological polar surface area (TPSA) is 78.0 Å². The Kier molecular flexibility index (Phi) is 6.25. The summed E-state index contributed by atoms with van der Waals surface area (Å²) in [4.78, 5) is 27.4. The van der Waals surface area contributed by atoms with Crippen molar-refractivity contribution in [1.29, 1.82) is 0 Å². The fraction of sp³-hybridized carbons (Fsp3) is 0.333. The van der Waals surface area contributed by atoms with Gasteiger partial charge in [-0.15, -0.1) is 0 Å². The van der Waals surface area contributed by atoms with E-state index in [1.54, 1.807) is 23.1 Å². The van der Waals surface area contributed by atoms with E-state index < -0.39 is 44.5 Å². The van der Waals surface area contributed by atoms with Crippen LogP contribution < -0.4 is 4.90 Å². The Morgan fingerprint density at radius 3 is 2.24 bits per heavy atom. The molecular weight excluding hydrogens is 483 g/mol. The first-order valence-electron chi connectivity index (χ1n) is 10.0. The summed E-state index contributed by atoms with van der Waals surface area (Å²) in [6.45, 7) is -0.0195. The molecule has 2 amide bonds. The Labute approximate surface area is 193 Å². The van der Waals surface area contributed by atoms with E-state index in [0.717, 1.165) is 27.4 Å². The molecule has 33 heavy (non-hydrogen) atoms. The second kappa shape index (κ2) is 8.71. The molecule has 2 aliphatic rings. The molecule has 0 saturated carbocycles. The minimum atomic E-state index is -4.81. The Balaban J connectivity index is 1.49. The number of benzene rings is 2. The van der Waals surface area contributed by atoms with Crippen LogP contribution in [0.15, 0.2) is 53.4 Å². The molecule has 2 fully saturated rings. The van der Waals surface area contributed by atoms with Crippen molar-refractivity contribution in [1.82, 2.24) is 9.21 Å². The lowest BCUT2D eigenvalue weighted by Gasteiger charge is -2.36. The van der Waals surface area contributed by atoms with E-state index in [1.807, 2.05) is 0 Å². The van der Waals surface area contributed by atoms with Gasteiger partial charge in [-0.25, -0.2) is 13.3 Å². The van der Waals surface area contributed by atoms with Gasteiger partial charge in [0.05, 0.1) is 28.6 Å². The maximum Gasteiger partial charge on any atom is 0.417 e. The normalized spacial score (nSPS) is 21.1. The van der Waals surface area contributed by atoms with Crippen molar-refractivity contribution in [2.75, 3.05) is 31.1 Å². The molecule has 2 aromatic rings. The number of piperazine rings is 1. The fourth-order valence-corrected chi connectivity index (χ4v) is 5.93. The summed E-state index contributed by atoms with van der Waals surface area (Å²) in [6, 6.07) is 9.60. The van der Waals surface area contributed by atoms with E-state index in [9.17, 15) is 31.2 Å². The minimum Gasteiger partial charge on any atom is -0.289 e. The third-order valence-electron chi connectivity index (χ3n) is 5.71. The molecule has 0 aromatic heterocycles. The number of hydrogen-bond donors (Lipinski definition) is 0. The molecule has 0 spiro atoms. The van der Waals surface area contributed by atoms with Gasteiger partial charge in [-0.1, -0.05) is 29.8 Å². The quantitative estimate of drug-likeness (QED) is 0.602. The van der Waals surface area contributed by atoms with Crippen LogP contribution in [-0.4, -0.2) is 61.7 Å². The van der Waals surface area contributed by atoms with Crippen molar-refractivity contribution in [2.45, 2.75) is 23.5 Å². The van der Waals surface area contributed by atoms with Crippen molar-refractivity contribution in [2.24, 2.45) is 0 Å². The number of nitrogens with zero attached hydrogens (tertiary/aromatic N) is 3. The first-order valence-corrected chi connectivity index (χ1v) is 11.8. The van der Waals surface area contributed by atoms with Gasteiger partial charge in [0.1, 0.15) is 0 Å². The summed E-state index contributed by atoms with van der Waals surface area (Å²) in [6.07, 6.45) is -4.89. The molecule has 0 aliphatic carbocycles. The van der Waals surface area contributed by atoms with Crippen LogP contribution in [0.2, 0.25) is 5.02 Å². The van der Waals surface area contributed by atoms with Gasteiger partial charge in [-0.3, -0.25) is 14.5 Å². The molecule has 2 saturated heterocycles. The number of amides is 2. The van der Waals surface area contributed by atoms with Crippen LogP contribution in [0.3, 0.4) is 0 Å². The van der Waals surface area contributed by atoms with Gasteiger partial charge in [0.25, 0.3) is 5.91 Å². The maximum absolute atomic E-state index is 13.3. The fourth-order valence-electron chi connectivity index (χ4n) is 4.11. The lowest BCUT2D eigenvalue weighted by atomic mass is 10.2. The second-order valence-electron chi connectivity index (χ2n) is 7.70. The number of anilines is 1. The average Bonchev–Trinajstić information content (AvgIpc) is 3.07. The maximum atomic E-state index is 13.3. The van der Waals surface area contributed by atoms with Crippen molar-refractivity contribution in [3.8, 4) is 0 Å². The summed E-state index contributed by atoms with van der Waals surface area (Å²) in [5.74, 6) is -0.845. The van der Waals surface area contributed by atoms with E-state index >= 15 is 0 Å². The van der Waals surface area contributed by atoms with Crippen molar-refractivity contribution < 1.29 is 31.2 Å². The smallest absolute Gasteiger partial charge is 0.289 e. The van der Waals surface area contributed by atoms with E-state index in [0.29, 0.717) is 10.7 Å². The molecule has 176 valence electrons. The monoisotopic (exact) mass is 501 g/mol. The number of hydrogen-bond acceptors (Lipinski definition) is 5. The standard InChI is InChI=1S/C21H19ClF3N3O4S/c22-14-4-3-5-15(12-14)28-19(29)13-17(20(28)30)26-8-10-27(11-9-26)33(31,32)18-7-2-1-6-16(18)21(23,24)25/h1-7,12,17H,8-11,13H2/t17-/m1/s1. The number of carbonyl (C=O) groups is 2. The first kappa shape index (κ1) is 23.7. The third-order valence-corrected chi connectivity index (χ3v) is 7.91. The SMILES string of the molecule is O=C1C[C@@H](N2CCN(S(=O)(=O)c3ccccc3C(F)(F)F)CC2)C(=O)N1c1cccc(Cl)c1. The number of carbonyl (C=O) groups excluding carboxylic acids is 2. The van der Waals surface area contributed by atoms with E-state index in [2.05, 4.69) is 0 Å². The average molecular weight is 502 g/mol. The molecule has 12 heteroatoms. The number of alkyl halides is 3. The molecule has 2 aromatic carbocycles. The van der Waals surface area contributed by atoms with Gasteiger partial charge in [0.15, 0.2) is 0 Å². The molecule has 0 bridgehead atoms. The van der Waals surface area contributed by atoms with E-state index in [1.165, 1.54) is 12.1 Å². The van der Waals surface area contributed by atoms with Crippen molar-refractivity contribution in [3.05, 3.63) is 59.1 Å². The predicted octanol–water partition coefficient (Wildman–Crippen LogP) is 3.00. The molecule has 0 radical (unpaired) electrons. The van der Waals surface area contributed by atoms with Crippen LogP contribution in [-0.2, 0) is 25.8 Å². The van der Waals surface area contributed by atoms with Crippen LogP contribution in [0.5, 0.6) is 0 Å². The molecule has 1 atom stereocenters. The molecule has 2 heterocycles. The molecule has 0 N–H and O–H groups in total. The van der Waals surface area contributed by atoms with Gasteiger partial charge >= 0.3 is 6.18 Å². The highest BCUT2D eigenvalue weighted by molar-refractivity contribution is 7.89. The van der Waals surface area contributed by atoms with Crippen LogP contribution >= 0.6 is 11.6 Å². The Hall–Kier alpha value is -2.47. The zero-order valence-corrected chi connectivity index (χ0v) is 18.7. The van der Waals surface area contributed by atoms with Gasteiger partial charge in [0.2, 0.25) is 15.9 Å². The summed E-state index contributed by atoms with van der Waals surface area (Å²) in [7, 11) is -4.40. The number of halogens is 4. The lowest BCUT2D eigenvalue weighted by Crippen LogP contribution is -2.53. The van der Waals surface area contributed by atoms with Crippen LogP contribution in [0.25, 0.3) is 0 Å². The van der Waals surface area contributed by atoms with Gasteiger partial charge in [-0.2, -0.15) is 17.5 Å². The van der Waals surface area contributed by atoms with Crippen LogP contribution in [0, 0.1) is 0 Å². The van der Waals surface area contributed by atoms with Crippen molar-refractivity contribution in [3.63, 3.8) is 0 Å². The largest absolute Gasteiger partial charge is 0.417 e. The molecular formula is C21H19ClF3N3O4S. The summed E-state index contributed by atoms with van der Waals surface area (Å²) >= 11 is 5.96. The molecule has 2 aliphatic heterocycles. The molecule has 4 rings (SSSR count). The minimum absolute atomic E-state index is 0.0744. The number of rotatable bonds is 4. The van der Waals surface area contributed by atoms with Gasteiger partial charge < -0.3 is 0 Å². The zero-order chi connectivity index (χ0) is 24.0. The highest BCUT2D eigenvalue weighted by atomic mass is 35.5. The summed E-state index contributed by atoms with van der Waals surface area (Å²) < 4.78 is 66.8. The lowest BCUT2D eigenvalue weighted by molar-refractivity contribution is -0.140. The van der Waals surface area contributed by atoms with Gasteiger partial charge in [-0.05, 0) is 30.3 Å². The second-order valence-corrected chi connectivity index (χ2v) is 10.0. The highest BCUT2D eigenvalue weighted by Gasteiger charge is 2.45. The van der Waals surface area contributed by atoms with E-state index in [-0.39, 0.29) is 32.6 Å². The zero-order valence-electron chi connectivity index (χ0n) is 17.1. The van der Waals surface area contributed by atoms with Crippen LogP contribution in [0.1, 0.15) is 12.0 Å². The number of sulfonamides is 1. The Bertz CT molecular complexity index is 1200. The Morgan fingerprint density at radius 1 is 0.939 bits per heavy atom. The third kappa shape index (κ3) is 4.50. The Morgan fingerprint density at radius 2 is 1.61 bits per heavy atom. The van der Waals surface area contributed by atoms with Crippen molar-refractivity contribution >= 4 is 39.1 Å². The van der Waals surface area contributed by atoms with E-state index in [4.69, 9.17) is 11.6 Å². The molecule has 7 nitrogen and oxygen atoms in total. The van der Waals surface area contributed by atoms with Crippen LogP contribution in [0.4, 0.5) is 18.9 Å². The summed E-state index contributed by atoms with van der Waals surface area (Å²) in [5, 5.41) is 0.370.